The van der Waals surface area contributed by atoms with Crippen molar-refractivity contribution in [1.29, 1.82) is 0 Å². The van der Waals surface area contributed by atoms with Crippen molar-refractivity contribution in [3.63, 3.8) is 0 Å². The van der Waals surface area contributed by atoms with Gasteiger partial charge in [0, 0.05) is 18.0 Å². The van der Waals surface area contributed by atoms with Gasteiger partial charge in [0.2, 0.25) is 0 Å². The van der Waals surface area contributed by atoms with Crippen LogP contribution in [0.3, 0.4) is 0 Å². The Morgan fingerprint density at radius 1 is 1.40 bits per heavy atom. The van der Waals surface area contributed by atoms with Crippen LogP contribution >= 0.6 is 11.8 Å². The molecule has 3 aliphatic heterocycles. The van der Waals surface area contributed by atoms with Crippen molar-refractivity contribution in [2.24, 2.45) is 0 Å². The highest BCUT2D eigenvalue weighted by Crippen LogP contribution is 2.50. The summed E-state index contributed by atoms with van der Waals surface area (Å²) < 4.78 is 0. The Kier molecular flexibility index (Phi) is 3.43. The quantitative estimate of drug-likeness (QED) is 0.832. The summed E-state index contributed by atoms with van der Waals surface area (Å²) >= 11 is 2.10. The average molecular weight is 288 g/mol. The summed E-state index contributed by atoms with van der Waals surface area (Å²) in [5.74, 6) is 0. The standard InChI is InChI=1S/C17H24N2S/c1-2-4-12-8-10-19-15-7-9-18-11-14(15)13-5-3-6-16(20-12)17(13)19/h8,15,18H,2-7,9-11H2,1H3. The van der Waals surface area contributed by atoms with Crippen molar-refractivity contribution in [1.82, 2.24) is 10.2 Å². The third-order valence-electron chi connectivity index (χ3n) is 5.01. The van der Waals surface area contributed by atoms with Gasteiger partial charge < -0.3 is 10.2 Å². The van der Waals surface area contributed by atoms with Crippen molar-refractivity contribution in [2.75, 3.05) is 19.6 Å². The Morgan fingerprint density at radius 3 is 3.25 bits per heavy atom. The van der Waals surface area contributed by atoms with E-state index < -0.39 is 0 Å². The molecule has 0 saturated carbocycles. The Morgan fingerprint density at radius 2 is 2.35 bits per heavy atom. The van der Waals surface area contributed by atoms with Crippen molar-refractivity contribution in [3.8, 4) is 0 Å². The molecule has 3 heterocycles. The van der Waals surface area contributed by atoms with Crippen LogP contribution in [0.4, 0.5) is 0 Å². The zero-order valence-corrected chi connectivity index (χ0v) is 13.2. The normalized spacial score (nSPS) is 29.1. The minimum absolute atomic E-state index is 0.701. The predicted molar refractivity (Wildman–Crippen MR) is 86.5 cm³/mol. The number of allylic oxidation sites excluding steroid dienone is 3. The van der Waals surface area contributed by atoms with Crippen LogP contribution in [-0.2, 0) is 0 Å². The number of rotatable bonds is 2. The lowest BCUT2D eigenvalue weighted by Gasteiger charge is -2.32. The number of piperidine rings is 1. The SMILES string of the molecule is CCCC1=CCN2C3=C(CCCC3=C3CNCCC32)S1. The van der Waals surface area contributed by atoms with Crippen LogP contribution in [0.25, 0.3) is 0 Å². The third-order valence-corrected chi connectivity index (χ3v) is 6.29. The summed E-state index contributed by atoms with van der Waals surface area (Å²) in [4.78, 5) is 6.02. The van der Waals surface area contributed by atoms with E-state index in [9.17, 15) is 0 Å². The Labute approximate surface area is 126 Å². The molecule has 4 aliphatic rings. The smallest absolute Gasteiger partial charge is 0.0537 e. The maximum Gasteiger partial charge on any atom is 0.0537 e. The molecule has 1 aliphatic carbocycles. The zero-order valence-electron chi connectivity index (χ0n) is 12.4. The second-order valence-electron chi connectivity index (χ2n) is 6.29. The van der Waals surface area contributed by atoms with Gasteiger partial charge >= 0.3 is 0 Å². The van der Waals surface area contributed by atoms with Gasteiger partial charge in [-0.2, -0.15) is 0 Å². The van der Waals surface area contributed by atoms with E-state index in [1.807, 2.05) is 0 Å². The molecule has 2 nitrogen and oxygen atoms in total. The van der Waals surface area contributed by atoms with Gasteiger partial charge in [0.25, 0.3) is 0 Å². The molecule has 3 heteroatoms. The predicted octanol–water partition coefficient (Wildman–Crippen LogP) is 3.79. The fraction of sp³-hybridized carbons (Fsp3) is 0.647. The van der Waals surface area contributed by atoms with Crippen LogP contribution in [0.15, 0.2) is 32.7 Å². The number of fused-ring (bicyclic) bond motifs is 2. The molecule has 0 aromatic heterocycles. The second kappa shape index (κ2) is 5.27. The van der Waals surface area contributed by atoms with E-state index >= 15 is 0 Å². The lowest BCUT2D eigenvalue weighted by molar-refractivity contribution is 0.299. The van der Waals surface area contributed by atoms with Crippen LogP contribution < -0.4 is 5.32 Å². The molecule has 1 fully saturated rings. The first-order chi connectivity index (χ1) is 9.88. The number of hydrogen-bond acceptors (Lipinski definition) is 3. The second-order valence-corrected chi connectivity index (χ2v) is 7.51. The molecule has 1 N–H and O–H groups in total. The molecule has 1 unspecified atom stereocenters. The first kappa shape index (κ1) is 13.0. The van der Waals surface area contributed by atoms with E-state index in [0.29, 0.717) is 6.04 Å². The molecular formula is C17H24N2S. The van der Waals surface area contributed by atoms with E-state index in [1.165, 1.54) is 45.1 Å². The van der Waals surface area contributed by atoms with Gasteiger partial charge in [-0.15, -0.1) is 0 Å². The monoisotopic (exact) mass is 288 g/mol. The topological polar surface area (TPSA) is 15.3 Å². The molecule has 0 bridgehead atoms. The first-order valence-corrected chi connectivity index (χ1v) is 9.00. The van der Waals surface area contributed by atoms with E-state index in [4.69, 9.17) is 0 Å². The van der Waals surface area contributed by atoms with Crippen molar-refractivity contribution < 1.29 is 0 Å². The molecule has 1 saturated heterocycles. The number of hydrogen-bond donors (Lipinski definition) is 1. The van der Waals surface area contributed by atoms with Crippen molar-refractivity contribution in [3.05, 3.63) is 32.7 Å². The largest absolute Gasteiger partial charge is 0.360 e. The molecule has 0 amide bonds. The molecule has 0 aromatic carbocycles. The van der Waals surface area contributed by atoms with Crippen LogP contribution in [-0.4, -0.2) is 30.6 Å². The summed E-state index contributed by atoms with van der Waals surface area (Å²) in [6, 6.07) is 0.701. The average Bonchev–Trinajstić information content (AvgIpc) is 2.68. The van der Waals surface area contributed by atoms with Crippen LogP contribution in [0, 0.1) is 0 Å². The van der Waals surface area contributed by atoms with E-state index in [1.54, 1.807) is 26.7 Å². The summed E-state index contributed by atoms with van der Waals surface area (Å²) in [7, 11) is 0. The molecule has 108 valence electrons. The fourth-order valence-corrected chi connectivity index (χ4v) is 5.52. The zero-order chi connectivity index (χ0) is 13.5. The van der Waals surface area contributed by atoms with Crippen LogP contribution in [0.1, 0.15) is 45.4 Å². The van der Waals surface area contributed by atoms with Crippen LogP contribution in [0.2, 0.25) is 0 Å². The maximum absolute atomic E-state index is 3.58. The molecule has 0 aromatic rings. The van der Waals surface area contributed by atoms with Crippen molar-refractivity contribution in [2.45, 2.75) is 51.5 Å². The molecule has 4 rings (SSSR count). The van der Waals surface area contributed by atoms with Crippen LogP contribution in [0.5, 0.6) is 0 Å². The number of thioether (sulfide) groups is 1. The minimum atomic E-state index is 0.701. The minimum Gasteiger partial charge on any atom is -0.360 e. The molecule has 0 spiro atoms. The summed E-state index contributed by atoms with van der Waals surface area (Å²) in [6.07, 6.45) is 10.3. The molecule has 1 atom stereocenters. The summed E-state index contributed by atoms with van der Waals surface area (Å²) in [5.41, 5.74) is 5.07. The highest BCUT2D eigenvalue weighted by atomic mass is 32.2. The van der Waals surface area contributed by atoms with E-state index in [-0.39, 0.29) is 0 Å². The van der Waals surface area contributed by atoms with Gasteiger partial charge in [0.05, 0.1) is 11.7 Å². The lowest BCUT2D eigenvalue weighted by atomic mass is 9.93. The first-order valence-electron chi connectivity index (χ1n) is 8.18. The lowest BCUT2D eigenvalue weighted by Crippen LogP contribution is -2.40. The molecule has 20 heavy (non-hydrogen) atoms. The number of nitrogens with zero attached hydrogens (tertiary/aromatic N) is 1. The van der Waals surface area contributed by atoms with Gasteiger partial charge in [-0.25, -0.2) is 0 Å². The van der Waals surface area contributed by atoms with E-state index in [0.717, 1.165) is 13.1 Å². The highest BCUT2D eigenvalue weighted by molar-refractivity contribution is 8.06. The van der Waals surface area contributed by atoms with Crippen molar-refractivity contribution >= 4 is 11.8 Å². The number of nitrogens with one attached hydrogen (secondary N) is 1. The van der Waals surface area contributed by atoms with E-state index in [2.05, 4.69) is 35.0 Å². The highest BCUT2D eigenvalue weighted by Gasteiger charge is 2.40. The molecule has 0 radical (unpaired) electrons. The van der Waals surface area contributed by atoms with Gasteiger partial charge in [-0.05, 0) is 54.7 Å². The summed E-state index contributed by atoms with van der Waals surface area (Å²) in [6.45, 7) is 5.74. The Balaban J connectivity index is 1.76. The molecular weight excluding hydrogens is 264 g/mol. The fourth-order valence-electron chi connectivity index (χ4n) is 4.16. The van der Waals surface area contributed by atoms with Gasteiger partial charge in [0.15, 0.2) is 0 Å². The van der Waals surface area contributed by atoms with Gasteiger partial charge in [-0.3, -0.25) is 0 Å². The third kappa shape index (κ3) is 1.98. The Hall–Kier alpha value is -0.670. The summed E-state index contributed by atoms with van der Waals surface area (Å²) in [5, 5.41) is 3.58. The Bertz CT molecular complexity index is 515. The maximum atomic E-state index is 3.58. The van der Waals surface area contributed by atoms with Gasteiger partial charge in [0.1, 0.15) is 0 Å². The van der Waals surface area contributed by atoms with Gasteiger partial charge in [-0.1, -0.05) is 31.2 Å².